The van der Waals surface area contributed by atoms with Gasteiger partial charge in [-0.25, -0.2) is 9.48 Å². The predicted molar refractivity (Wildman–Crippen MR) is 122 cm³/mol. The van der Waals surface area contributed by atoms with Crippen molar-refractivity contribution in [2.45, 2.75) is 26.3 Å². The number of rotatable bonds is 6. The van der Waals surface area contributed by atoms with Crippen LogP contribution in [-0.4, -0.2) is 27.3 Å². The maximum absolute atomic E-state index is 13.0. The number of carbonyl (C=O) groups is 1. The van der Waals surface area contributed by atoms with E-state index in [0.717, 1.165) is 17.5 Å². The maximum Gasteiger partial charge on any atom is 0.338 e. The third-order valence-electron chi connectivity index (χ3n) is 5.21. The van der Waals surface area contributed by atoms with Crippen LogP contribution in [0.5, 0.6) is 0 Å². The molecule has 4 rings (SSSR count). The molecule has 0 bridgehead atoms. The summed E-state index contributed by atoms with van der Waals surface area (Å²) in [5.41, 5.74) is 4.15. The smallest absolute Gasteiger partial charge is 0.338 e. The minimum atomic E-state index is -0.465. The zero-order valence-electron chi connectivity index (χ0n) is 17.4. The summed E-state index contributed by atoms with van der Waals surface area (Å²) in [5, 5.41) is 8.59. The summed E-state index contributed by atoms with van der Waals surface area (Å²) in [6, 6.07) is 15.1. The number of fused-ring (bicyclic) bond motifs is 1. The Hall–Kier alpha value is -3.38. The van der Waals surface area contributed by atoms with Crippen LogP contribution in [0.4, 0.5) is 5.95 Å². The number of aryl methyl sites for hydroxylation is 1. The van der Waals surface area contributed by atoms with E-state index in [9.17, 15) is 4.79 Å². The molecule has 2 aromatic carbocycles. The highest BCUT2D eigenvalue weighted by Crippen LogP contribution is 2.37. The molecule has 1 aliphatic rings. The van der Waals surface area contributed by atoms with Crippen LogP contribution in [-0.2, 0) is 16.0 Å². The Balaban J connectivity index is 1.82. The maximum atomic E-state index is 13.0. The normalized spacial score (nSPS) is 15.3. The highest BCUT2D eigenvalue weighted by Gasteiger charge is 2.35. The van der Waals surface area contributed by atoms with Gasteiger partial charge in [-0.2, -0.15) is 4.98 Å². The van der Waals surface area contributed by atoms with Crippen molar-refractivity contribution in [2.75, 3.05) is 11.9 Å². The van der Waals surface area contributed by atoms with E-state index >= 15 is 0 Å². The van der Waals surface area contributed by atoms with Crippen LogP contribution in [0, 0.1) is 0 Å². The van der Waals surface area contributed by atoms with Crippen molar-refractivity contribution in [3.05, 3.63) is 88.6 Å². The van der Waals surface area contributed by atoms with Crippen molar-refractivity contribution in [2.24, 2.45) is 0 Å². The number of ether oxygens (including phenoxy) is 1. The lowest BCUT2D eigenvalue weighted by molar-refractivity contribution is -0.138. The van der Waals surface area contributed by atoms with Gasteiger partial charge in [-0.05, 0) is 48.7 Å². The van der Waals surface area contributed by atoms with Gasteiger partial charge in [0.05, 0.1) is 5.57 Å². The van der Waals surface area contributed by atoms with Crippen LogP contribution in [0.25, 0.3) is 11.4 Å². The fourth-order valence-corrected chi connectivity index (χ4v) is 3.72. The predicted octanol–water partition coefficient (Wildman–Crippen LogP) is 5.18. The number of nitrogens with one attached hydrogen (secondary N) is 1. The summed E-state index contributed by atoms with van der Waals surface area (Å²) in [6.07, 6.45) is 2.49. The monoisotopic (exact) mass is 434 g/mol. The minimum absolute atomic E-state index is 0.136. The van der Waals surface area contributed by atoms with Crippen LogP contribution in [0.1, 0.15) is 31.0 Å². The van der Waals surface area contributed by atoms with Crippen molar-refractivity contribution < 1.29 is 9.53 Å². The SMILES string of the molecule is C=CCOC(=O)C1=C(C)Nc2nc(-c3ccc(Cl)cc3)nn2[C@@H]1c1ccc(CC)cc1. The molecule has 7 heteroatoms. The van der Waals surface area contributed by atoms with Crippen LogP contribution >= 0.6 is 11.6 Å². The van der Waals surface area contributed by atoms with Gasteiger partial charge in [0, 0.05) is 16.3 Å². The van der Waals surface area contributed by atoms with Crippen molar-refractivity contribution >= 4 is 23.5 Å². The molecule has 6 nitrogen and oxygen atoms in total. The highest BCUT2D eigenvalue weighted by molar-refractivity contribution is 6.30. The average molecular weight is 435 g/mol. The first-order valence-electron chi connectivity index (χ1n) is 10.1. The molecular formula is C24H23ClN4O2. The molecule has 0 spiro atoms. The second-order valence-electron chi connectivity index (χ2n) is 7.26. The van der Waals surface area contributed by atoms with E-state index in [1.165, 1.54) is 5.56 Å². The Morgan fingerprint density at radius 1 is 1.23 bits per heavy atom. The van der Waals surface area contributed by atoms with E-state index in [1.54, 1.807) is 22.9 Å². The number of halogens is 1. The molecule has 31 heavy (non-hydrogen) atoms. The number of nitrogens with zero attached hydrogens (tertiary/aromatic N) is 3. The molecule has 1 atom stereocenters. The van der Waals surface area contributed by atoms with Gasteiger partial charge >= 0.3 is 5.97 Å². The van der Waals surface area contributed by atoms with E-state index in [0.29, 0.717) is 28.1 Å². The fourth-order valence-electron chi connectivity index (χ4n) is 3.59. The number of anilines is 1. The summed E-state index contributed by atoms with van der Waals surface area (Å²) in [6.45, 7) is 7.71. The molecule has 0 amide bonds. The molecule has 0 radical (unpaired) electrons. The van der Waals surface area contributed by atoms with E-state index in [-0.39, 0.29) is 6.61 Å². The first-order valence-corrected chi connectivity index (χ1v) is 10.5. The van der Waals surface area contributed by atoms with Crippen molar-refractivity contribution in [3.8, 4) is 11.4 Å². The standard InChI is InChI=1S/C24H23ClN4O2/c1-4-14-31-23(30)20-15(3)26-24-27-22(18-10-12-19(25)13-11-18)28-29(24)21(20)17-8-6-16(5-2)7-9-17/h4,6-13,21H,1,5,14H2,2-3H3,(H,26,27,28)/t21-/m1/s1. The van der Waals surface area contributed by atoms with E-state index in [4.69, 9.17) is 21.4 Å². The van der Waals surface area contributed by atoms with Crippen molar-refractivity contribution in [1.82, 2.24) is 14.8 Å². The van der Waals surface area contributed by atoms with Gasteiger partial charge in [0.15, 0.2) is 5.82 Å². The second-order valence-corrected chi connectivity index (χ2v) is 7.70. The number of allylic oxidation sites excluding steroid dienone is 1. The quantitative estimate of drug-likeness (QED) is 0.427. The number of hydrogen-bond donors (Lipinski definition) is 1. The number of esters is 1. The zero-order valence-corrected chi connectivity index (χ0v) is 18.2. The van der Waals surface area contributed by atoms with Crippen LogP contribution in [0.2, 0.25) is 5.02 Å². The number of carbonyl (C=O) groups excluding carboxylic acids is 1. The number of benzene rings is 2. The van der Waals surface area contributed by atoms with Gasteiger partial charge in [0.1, 0.15) is 12.6 Å². The van der Waals surface area contributed by atoms with Gasteiger partial charge < -0.3 is 10.1 Å². The molecular weight excluding hydrogens is 412 g/mol. The fraction of sp³-hybridized carbons (Fsp3) is 0.208. The summed E-state index contributed by atoms with van der Waals surface area (Å²) in [7, 11) is 0. The van der Waals surface area contributed by atoms with E-state index < -0.39 is 12.0 Å². The third-order valence-corrected chi connectivity index (χ3v) is 5.46. The Labute approximate surface area is 186 Å². The first-order chi connectivity index (χ1) is 15.0. The molecule has 2 heterocycles. The van der Waals surface area contributed by atoms with Crippen molar-refractivity contribution in [3.63, 3.8) is 0 Å². The molecule has 0 saturated carbocycles. The Bertz CT molecular complexity index is 1150. The zero-order chi connectivity index (χ0) is 22.0. The number of hydrogen-bond acceptors (Lipinski definition) is 5. The Morgan fingerprint density at radius 2 is 1.94 bits per heavy atom. The van der Waals surface area contributed by atoms with Gasteiger partial charge in [0.2, 0.25) is 5.95 Å². The lowest BCUT2D eigenvalue weighted by Crippen LogP contribution is -2.29. The molecule has 1 aliphatic heterocycles. The lowest BCUT2D eigenvalue weighted by atomic mass is 9.95. The summed E-state index contributed by atoms with van der Waals surface area (Å²) >= 11 is 6.02. The molecule has 1 aromatic heterocycles. The molecule has 0 aliphatic carbocycles. The minimum Gasteiger partial charge on any atom is -0.458 e. The van der Waals surface area contributed by atoms with Crippen LogP contribution in [0.15, 0.2) is 72.5 Å². The Kier molecular flexibility index (Phi) is 5.91. The Morgan fingerprint density at radius 3 is 2.58 bits per heavy atom. The molecule has 1 N–H and O–H groups in total. The van der Waals surface area contributed by atoms with E-state index in [1.807, 2.05) is 31.2 Å². The number of aromatic nitrogens is 3. The molecule has 158 valence electrons. The van der Waals surface area contributed by atoms with Gasteiger partial charge in [-0.3, -0.25) is 0 Å². The molecule has 0 fully saturated rings. The molecule has 0 unspecified atom stereocenters. The topological polar surface area (TPSA) is 69.0 Å². The summed E-state index contributed by atoms with van der Waals surface area (Å²) < 4.78 is 7.12. The van der Waals surface area contributed by atoms with Gasteiger partial charge in [-0.1, -0.05) is 55.4 Å². The van der Waals surface area contributed by atoms with E-state index in [2.05, 4.69) is 35.9 Å². The highest BCUT2D eigenvalue weighted by atomic mass is 35.5. The lowest BCUT2D eigenvalue weighted by Gasteiger charge is -2.28. The van der Waals surface area contributed by atoms with Gasteiger partial charge in [0.25, 0.3) is 0 Å². The third kappa shape index (κ3) is 4.11. The summed E-state index contributed by atoms with van der Waals surface area (Å²) in [5.74, 6) is 0.693. The largest absolute Gasteiger partial charge is 0.458 e. The molecule has 3 aromatic rings. The first kappa shape index (κ1) is 20.9. The average Bonchev–Trinajstić information content (AvgIpc) is 3.20. The van der Waals surface area contributed by atoms with Crippen molar-refractivity contribution in [1.29, 1.82) is 0 Å². The van der Waals surface area contributed by atoms with Crippen LogP contribution in [0.3, 0.4) is 0 Å². The van der Waals surface area contributed by atoms with Crippen LogP contribution < -0.4 is 5.32 Å². The summed E-state index contributed by atoms with van der Waals surface area (Å²) in [4.78, 5) is 17.6. The van der Waals surface area contributed by atoms with Gasteiger partial charge in [-0.15, -0.1) is 5.10 Å². The molecule has 0 saturated heterocycles. The second kappa shape index (κ2) is 8.78.